The van der Waals surface area contributed by atoms with Crippen LogP contribution in [0.3, 0.4) is 0 Å². The molecule has 0 radical (unpaired) electrons. The van der Waals surface area contributed by atoms with Crippen molar-refractivity contribution in [2.45, 2.75) is 13.0 Å². The van der Waals surface area contributed by atoms with E-state index in [4.69, 9.17) is 10.8 Å². The first-order chi connectivity index (χ1) is 9.50. The van der Waals surface area contributed by atoms with Gasteiger partial charge in [0.15, 0.2) is 0 Å². The maximum Gasteiger partial charge on any atom is 0.320 e. The molecule has 7 heteroatoms. The Labute approximate surface area is 117 Å². The van der Waals surface area contributed by atoms with Crippen LogP contribution in [-0.4, -0.2) is 59.1 Å². The van der Waals surface area contributed by atoms with Gasteiger partial charge in [0.1, 0.15) is 11.9 Å². The van der Waals surface area contributed by atoms with Gasteiger partial charge in [-0.25, -0.2) is 4.98 Å². The predicted octanol–water partition coefficient (Wildman–Crippen LogP) is -0.224. The zero-order valence-electron chi connectivity index (χ0n) is 11.3. The largest absolute Gasteiger partial charge is 0.480 e. The van der Waals surface area contributed by atoms with E-state index in [0.29, 0.717) is 37.6 Å². The van der Waals surface area contributed by atoms with Gasteiger partial charge in [-0.1, -0.05) is 0 Å². The summed E-state index contributed by atoms with van der Waals surface area (Å²) < 4.78 is 0. The lowest BCUT2D eigenvalue weighted by atomic mass is 10.2. The van der Waals surface area contributed by atoms with Crippen LogP contribution in [0.2, 0.25) is 0 Å². The second-order valence-corrected chi connectivity index (χ2v) is 4.78. The van der Waals surface area contributed by atoms with Crippen molar-refractivity contribution in [3.63, 3.8) is 0 Å². The fourth-order valence-corrected chi connectivity index (χ4v) is 2.32. The molecule has 0 bridgehead atoms. The Balaban J connectivity index is 2.08. The molecule has 0 spiro atoms. The summed E-state index contributed by atoms with van der Waals surface area (Å²) in [5.41, 5.74) is 5.74. The number of nitrogens with zero attached hydrogens (tertiary/aromatic N) is 3. The fraction of sp³-hybridized carbons (Fsp3) is 0.462. The number of pyridine rings is 1. The number of primary amides is 1. The SMILES string of the molecule is CC(C(=O)O)N1CCN(c2ncccc2C(N)=O)CC1. The minimum absolute atomic E-state index is 0.396. The first-order valence-electron chi connectivity index (χ1n) is 6.47. The number of hydrogen-bond acceptors (Lipinski definition) is 5. The molecule has 1 aromatic heterocycles. The lowest BCUT2D eigenvalue weighted by Crippen LogP contribution is -2.52. The third kappa shape index (κ3) is 2.88. The Hall–Kier alpha value is -2.15. The molecule has 1 fully saturated rings. The van der Waals surface area contributed by atoms with E-state index in [-0.39, 0.29) is 0 Å². The van der Waals surface area contributed by atoms with Gasteiger partial charge in [-0.15, -0.1) is 0 Å². The van der Waals surface area contributed by atoms with E-state index in [1.54, 1.807) is 25.3 Å². The number of rotatable bonds is 4. The molecule has 0 aromatic carbocycles. The number of carbonyl (C=O) groups excluding carboxylic acids is 1. The minimum atomic E-state index is -0.825. The Morgan fingerprint density at radius 2 is 2.00 bits per heavy atom. The van der Waals surface area contributed by atoms with Crippen molar-refractivity contribution in [2.24, 2.45) is 5.73 Å². The van der Waals surface area contributed by atoms with Gasteiger partial charge < -0.3 is 15.7 Å². The van der Waals surface area contributed by atoms with Crippen molar-refractivity contribution in [2.75, 3.05) is 31.1 Å². The van der Waals surface area contributed by atoms with Crippen LogP contribution >= 0.6 is 0 Å². The van der Waals surface area contributed by atoms with E-state index in [1.807, 2.05) is 9.80 Å². The molecule has 1 unspecified atom stereocenters. The molecule has 1 amide bonds. The highest BCUT2D eigenvalue weighted by Gasteiger charge is 2.26. The van der Waals surface area contributed by atoms with Gasteiger partial charge in [0, 0.05) is 32.4 Å². The number of piperazine rings is 1. The van der Waals surface area contributed by atoms with E-state index in [1.165, 1.54) is 0 Å². The molecule has 108 valence electrons. The number of carboxylic acid groups (broad SMARTS) is 1. The van der Waals surface area contributed by atoms with E-state index < -0.39 is 17.9 Å². The summed E-state index contributed by atoms with van der Waals surface area (Å²) in [7, 11) is 0. The van der Waals surface area contributed by atoms with E-state index in [9.17, 15) is 9.59 Å². The van der Waals surface area contributed by atoms with E-state index >= 15 is 0 Å². The molecule has 20 heavy (non-hydrogen) atoms. The molecule has 1 atom stereocenters. The highest BCUT2D eigenvalue weighted by atomic mass is 16.4. The van der Waals surface area contributed by atoms with Crippen LogP contribution in [0.1, 0.15) is 17.3 Å². The molecule has 1 saturated heterocycles. The normalized spacial score (nSPS) is 17.8. The van der Waals surface area contributed by atoms with Gasteiger partial charge in [0.2, 0.25) is 0 Å². The number of anilines is 1. The van der Waals surface area contributed by atoms with Gasteiger partial charge in [-0.3, -0.25) is 14.5 Å². The van der Waals surface area contributed by atoms with Crippen molar-refractivity contribution < 1.29 is 14.7 Å². The molecular formula is C13H18N4O3. The molecule has 1 aromatic rings. The van der Waals surface area contributed by atoms with Crippen LogP contribution in [0.25, 0.3) is 0 Å². The van der Waals surface area contributed by atoms with Crippen molar-refractivity contribution in [3.8, 4) is 0 Å². The summed E-state index contributed by atoms with van der Waals surface area (Å²) in [4.78, 5) is 30.4. The third-order valence-electron chi connectivity index (χ3n) is 3.57. The molecule has 7 nitrogen and oxygen atoms in total. The second-order valence-electron chi connectivity index (χ2n) is 4.78. The predicted molar refractivity (Wildman–Crippen MR) is 73.6 cm³/mol. The third-order valence-corrected chi connectivity index (χ3v) is 3.57. The lowest BCUT2D eigenvalue weighted by molar-refractivity contribution is -0.142. The average Bonchev–Trinajstić information content (AvgIpc) is 2.46. The molecule has 3 N–H and O–H groups in total. The average molecular weight is 278 g/mol. The van der Waals surface area contributed by atoms with Crippen LogP contribution in [0, 0.1) is 0 Å². The first-order valence-corrected chi connectivity index (χ1v) is 6.47. The number of carboxylic acids is 1. The molecular weight excluding hydrogens is 260 g/mol. The second kappa shape index (κ2) is 5.87. The molecule has 0 aliphatic carbocycles. The maximum atomic E-state index is 11.4. The summed E-state index contributed by atoms with van der Waals surface area (Å²) in [6.45, 7) is 4.14. The first kappa shape index (κ1) is 14.3. The van der Waals surface area contributed by atoms with Gasteiger partial charge >= 0.3 is 5.97 Å². The molecule has 1 aliphatic rings. The number of amides is 1. The van der Waals surface area contributed by atoms with Crippen LogP contribution < -0.4 is 10.6 Å². The zero-order valence-corrected chi connectivity index (χ0v) is 11.3. The van der Waals surface area contributed by atoms with E-state index in [0.717, 1.165) is 0 Å². The maximum absolute atomic E-state index is 11.4. The van der Waals surface area contributed by atoms with Crippen molar-refractivity contribution >= 4 is 17.7 Å². The topological polar surface area (TPSA) is 99.8 Å². The zero-order chi connectivity index (χ0) is 14.7. The van der Waals surface area contributed by atoms with Crippen molar-refractivity contribution in [3.05, 3.63) is 23.9 Å². The van der Waals surface area contributed by atoms with Crippen LogP contribution in [0.15, 0.2) is 18.3 Å². The van der Waals surface area contributed by atoms with Crippen LogP contribution in [0.5, 0.6) is 0 Å². The summed E-state index contributed by atoms with van der Waals surface area (Å²) in [5, 5.41) is 9.01. The highest BCUT2D eigenvalue weighted by Crippen LogP contribution is 2.19. The van der Waals surface area contributed by atoms with Crippen molar-refractivity contribution in [1.82, 2.24) is 9.88 Å². The quantitative estimate of drug-likeness (QED) is 0.789. The fourth-order valence-electron chi connectivity index (χ4n) is 2.32. The minimum Gasteiger partial charge on any atom is -0.480 e. The van der Waals surface area contributed by atoms with E-state index in [2.05, 4.69) is 4.98 Å². The number of hydrogen-bond donors (Lipinski definition) is 2. The van der Waals surface area contributed by atoms with Gasteiger partial charge in [-0.05, 0) is 19.1 Å². The number of aliphatic carboxylic acids is 1. The summed E-state index contributed by atoms with van der Waals surface area (Å²) >= 11 is 0. The standard InChI is InChI=1S/C13H18N4O3/c1-9(13(19)20)16-5-7-17(8-6-16)12-10(11(14)18)3-2-4-15-12/h2-4,9H,5-8H2,1H3,(H2,14,18)(H,19,20). The summed E-state index contributed by atoms with van der Waals surface area (Å²) in [5.74, 6) is -0.758. The number of carbonyl (C=O) groups is 2. The molecule has 0 saturated carbocycles. The van der Waals surface area contributed by atoms with Gasteiger partial charge in [0.25, 0.3) is 5.91 Å². The Morgan fingerprint density at radius 1 is 1.35 bits per heavy atom. The number of nitrogens with two attached hydrogens (primary N) is 1. The molecule has 2 heterocycles. The summed E-state index contributed by atoms with van der Waals surface area (Å²) in [6.07, 6.45) is 1.62. The Morgan fingerprint density at radius 3 is 2.55 bits per heavy atom. The molecule has 2 rings (SSSR count). The Bertz CT molecular complexity index is 512. The van der Waals surface area contributed by atoms with Gasteiger partial charge in [-0.2, -0.15) is 0 Å². The van der Waals surface area contributed by atoms with Crippen molar-refractivity contribution in [1.29, 1.82) is 0 Å². The molecule has 1 aliphatic heterocycles. The monoisotopic (exact) mass is 278 g/mol. The smallest absolute Gasteiger partial charge is 0.320 e. The van der Waals surface area contributed by atoms with Gasteiger partial charge in [0.05, 0.1) is 5.56 Å². The summed E-state index contributed by atoms with van der Waals surface area (Å²) in [6, 6.07) is 2.82. The van der Waals surface area contributed by atoms with Crippen LogP contribution in [0.4, 0.5) is 5.82 Å². The Kier molecular flexibility index (Phi) is 4.19. The van der Waals surface area contributed by atoms with Crippen LogP contribution in [-0.2, 0) is 4.79 Å². The number of aromatic nitrogens is 1. The lowest BCUT2D eigenvalue weighted by Gasteiger charge is -2.37. The highest BCUT2D eigenvalue weighted by molar-refractivity contribution is 5.97.